The Labute approximate surface area is 329 Å². The topological polar surface area (TPSA) is 408 Å². The van der Waals surface area contributed by atoms with Crippen molar-refractivity contribution in [1.82, 2.24) is 31.9 Å². The third kappa shape index (κ3) is 20.4. The van der Waals surface area contributed by atoms with Crippen molar-refractivity contribution in [2.45, 2.75) is 128 Å². The fourth-order valence-corrected chi connectivity index (χ4v) is 5.22. The van der Waals surface area contributed by atoms with Gasteiger partial charge >= 0.3 is 11.9 Å². The molecule has 8 amide bonds. The number of rotatable bonds is 29. The number of unbranched alkanes of at least 4 members (excludes halogenated alkanes) is 1. The number of nitrogens with one attached hydrogen (secondary N) is 6. The van der Waals surface area contributed by atoms with Crippen LogP contribution >= 0.6 is 0 Å². The van der Waals surface area contributed by atoms with Gasteiger partial charge < -0.3 is 70.2 Å². The number of nitrogens with two attached hydrogens (primary N) is 4. The summed E-state index contributed by atoms with van der Waals surface area (Å²) in [5.41, 5.74) is 21.6. The van der Waals surface area contributed by atoms with E-state index in [0.717, 1.165) is 0 Å². The molecule has 0 radical (unpaired) electrons. The number of hydrogen-bond acceptors (Lipinski definition) is 13. The minimum atomic E-state index is -1.76. The molecule has 0 aromatic rings. The van der Waals surface area contributed by atoms with E-state index in [2.05, 4.69) is 31.9 Å². The largest absolute Gasteiger partial charge is 0.481 e. The van der Waals surface area contributed by atoms with E-state index in [9.17, 15) is 63.3 Å². The first-order valence-electron chi connectivity index (χ1n) is 18.5. The van der Waals surface area contributed by atoms with Gasteiger partial charge in [0.15, 0.2) is 0 Å². The highest BCUT2D eigenvalue weighted by atomic mass is 16.4. The zero-order valence-electron chi connectivity index (χ0n) is 32.7. The van der Waals surface area contributed by atoms with Crippen LogP contribution in [0.15, 0.2) is 0 Å². The molecule has 324 valence electrons. The number of carboxylic acids is 2. The van der Waals surface area contributed by atoms with Gasteiger partial charge in [0.1, 0.15) is 36.3 Å². The van der Waals surface area contributed by atoms with Crippen molar-refractivity contribution in [2.24, 2.45) is 34.8 Å². The predicted octanol–water partition coefficient (Wildman–Crippen LogP) is -4.86. The Hall–Kier alpha value is -5.42. The highest BCUT2D eigenvalue weighted by Gasteiger charge is 2.35. The third-order valence-electron chi connectivity index (χ3n) is 8.59. The molecule has 0 unspecified atom stereocenters. The van der Waals surface area contributed by atoms with Crippen molar-refractivity contribution in [1.29, 1.82) is 0 Å². The lowest BCUT2D eigenvalue weighted by Gasteiger charge is -2.28. The van der Waals surface area contributed by atoms with E-state index >= 15 is 0 Å². The zero-order chi connectivity index (χ0) is 44.0. The minimum Gasteiger partial charge on any atom is -0.481 e. The molecule has 0 aromatic carbocycles. The Kier molecular flexibility index (Phi) is 23.9. The van der Waals surface area contributed by atoms with Crippen LogP contribution in [0.3, 0.4) is 0 Å². The number of aliphatic carboxylic acids is 2. The zero-order valence-corrected chi connectivity index (χ0v) is 32.7. The van der Waals surface area contributed by atoms with Crippen LogP contribution in [-0.4, -0.2) is 130 Å². The first-order valence-corrected chi connectivity index (χ1v) is 18.5. The molecule has 0 saturated heterocycles. The van der Waals surface area contributed by atoms with Crippen LogP contribution in [-0.2, 0) is 47.9 Å². The van der Waals surface area contributed by atoms with Gasteiger partial charge in [-0.15, -0.1) is 0 Å². The number of carbonyl (C=O) groups excluding carboxylic acids is 8. The number of amides is 8. The lowest BCUT2D eigenvalue weighted by atomic mass is 9.97. The van der Waals surface area contributed by atoms with Crippen LogP contribution in [0.2, 0.25) is 0 Å². The van der Waals surface area contributed by atoms with Crippen LogP contribution < -0.4 is 54.8 Å². The molecule has 23 nitrogen and oxygen atoms in total. The van der Waals surface area contributed by atoms with Crippen LogP contribution in [0.25, 0.3) is 0 Å². The van der Waals surface area contributed by atoms with Crippen molar-refractivity contribution in [2.75, 3.05) is 13.2 Å². The molecule has 0 heterocycles. The second kappa shape index (κ2) is 26.4. The van der Waals surface area contributed by atoms with Crippen LogP contribution in [0, 0.1) is 11.8 Å². The second-order valence-electron chi connectivity index (χ2n) is 14.0. The van der Waals surface area contributed by atoms with Gasteiger partial charge in [-0.2, -0.15) is 0 Å². The Morgan fingerprint density at radius 3 is 1.58 bits per heavy atom. The summed E-state index contributed by atoms with van der Waals surface area (Å²) in [6.45, 7) is 5.97. The summed E-state index contributed by atoms with van der Waals surface area (Å²) in [5.74, 6) is -11.7. The molecule has 23 heteroatoms. The van der Waals surface area contributed by atoms with Crippen LogP contribution in [0.1, 0.15) is 85.5 Å². The summed E-state index contributed by atoms with van der Waals surface area (Å²) >= 11 is 0. The highest BCUT2D eigenvalue weighted by molar-refractivity contribution is 5.98. The lowest BCUT2D eigenvalue weighted by molar-refractivity contribution is -0.143. The summed E-state index contributed by atoms with van der Waals surface area (Å²) in [6.07, 6.45) is -1.45. The molecule has 0 aliphatic rings. The predicted molar refractivity (Wildman–Crippen MR) is 201 cm³/mol. The average molecular weight is 817 g/mol. The number of primary amides is 2. The molecule has 17 N–H and O–H groups in total. The first kappa shape index (κ1) is 51.6. The Morgan fingerprint density at radius 1 is 0.596 bits per heavy atom. The molecule has 0 aliphatic heterocycles. The smallest absolute Gasteiger partial charge is 0.326 e. The Balaban J connectivity index is 6.31. The molecule has 8 atom stereocenters. The quantitative estimate of drug-likeness (QED) is 0.0315. The molecule has 0 aromatic heterocycles. The van der Waals surface area contributed by atoms with Crippen LogP contribution in [0.4, 0.5) is 0 Å². The SMILES string of the molecule is CC[C@H](C)[C@H](NC(=O)[C@@H](N)CC(N)=O)C(=O)N[C@@H](CC(N)=O)C(=O)N[C@@H](CCC(=O)O)C(=O)N[C@@H](CC(C)C)C(=O)N[C@@H](CO)C(=O)N[C@@H](CCCCN)C(=O)O. The maximum Gasteiger partial charge on any atom is 0.326 e. The lowest BCUT2D eigenvalue weighted by Crippen LogP contribution is -2.61. The van der Waals surface area contributed by atoms with Gasteiger partial charge in [0, 0.05) is 6.42 Å². The van der Waals surface area contributed by atoms with Gasteiger partial charge in [-0.25, -0.2) is 4.79 Å². The number of aliphatic hydroxyl groups excluding tert-OH is 1. The maximum atomic E-state index is 13.6. The van der Waals surface area contributed by atoms with E-state index in [1.807, 2.05) is 0 Å². The monoisotopic (exact) mass is 816 g/mol. The number of hydrogen-bond donors (Lipinski definition) is 13. The first-order chi connectivity index (χ1) is 26.6. The average Bonchev–Trinajstić information content (AvgIpc) is 3.11. The fourth-order valence-electron chi connectivity index (χ4n) is 5.22. The summed E-state index contributed by atoms with van der Waals surface area (Å²) in [4.78, 5) is 126. The van der Waals surface area contributed by atoms with Crippen molar-refractivity contribution in [3.63, 3.8) is 0 Å². The number of aliphatic hydroxyl groups is 1. The summed E-state index contributed by atoms with van der Waals surface area (Å²) in [7, 11) is 0. The minimum absolute atomic E-state index is 0.0198. The van der Waals surface area contributed by atoms with Crippen molar-refractivity contribution >= 4 is 59.2 Å². The second-order valence-corrected chi connectivity index (χ2v) is 14.0. The van der Waals surface area contributed by atoms with Gasteiger partial charge in [0.25, 0.3) is 0 Å². The van der Waals surface area contributed by atoms with Gasteiger partial charge in [-0.05, 0) is 50.5 Å². The molecule has 0 saturated carbocycles. The third-order valence-corrected chi connectivity index (χ3v) is 8.59. The number of carboxylic acid groups (broad SMARTS) is 2. The fraction of sp³-hybridized carbons (Fsp3) is 0.706. The van der Waals surface area contributed by atoms with E-state index in [1.54, 1.807) is 27.7 Å². The molecule has 0 rings (SSSR count). The molecule has 0 aliphatic carbocycles. The normalized spacial score (nSPS) is 15.2. The van der Waals surface area contributed by atoms with Crippen molar-refractivity contribution < 1.29 is 63.3 Å². The molecule has 0 spiro atoms. The molecule has 0 bridgehead atoms. The molecule has 57 heavy (non-hydrogen) atoms. The summed E-state index contributed by atoms with van der Waals surface area (Å²) < 4.78 is 0. The van der Waals surface area contributed by atoms with Gasteiger partial charge in [0.2, 0.25) is 47.3 Å². The standard InChI is InChI=1S/C34H60N10O13/c1-5-17(4)27(44-28(50)18(36)13-24(37)46)33(55)42-22(14-25(38)47)31(53)39-19(9-10-26(48)49)29(51)41-21(12-16(2)3)30(52)43-23(15-45)32(54)40-20(34(56)57)8-6-7-11-35/h16-23,27,45H,5-15,35-36H2,1-4H3,(H2,37,46)(H2,38,47)(H,39,53)(H,40,54)(H,41,51)(H,42,55)(H,43,52)(H,44,50)(H,48,49)(H,56,57)/t17-,18-,19-,20-,21-,22-,23-,27-/m0/s1. The number of carbonyl (C=O) groups is 10. The van der Waals surface area contributed by atoms with E-state index in [4.69, 9.17) is 22.9 Å². The Bertz CT molecular complexity index is 1430. The van der Waals surface area contributed by atoms with Crippen molar-refractivity contribution in [3.8, 4) is 0 Å². The van der Waals surface area contributed by atoms with E-state index in [1.165, 1.54) is 0 Å². The summed E-state index contributed by atoms with van der Waals surface area (Å²) in [5, 5.41) is 42.6. The highest BCUT2D eigenvalue weighted by Crippen LogP contribution is 2.11. The van der Waals surface area contributed by atoms with Crippen LogP contribution in [0.5, 0.6) is 0 Å². The van der Waals surface area contributed by atoms with Gasteiger partial charge in [-0.3, -0.25) is 43.2 Å². The molecular formula is C34H60N10O13. The van der Waals surface area contributed by atoms with E-state index in [0.29, 0.717) is 25.8 Å². The van der Waals surface area contributed by atoms with Crippen molar-refractivity contribution in [3.05, 3.63) is 0 Å². The van der Waals surface area contributed by atoms with Gasteiger partial charge in [0.05, 0.1) is 25.5 Å². The maximum absolute atomic E-state index is 13.6. The molecular weight excluding hydrogens is 756 g/mol. The Morgan fingerprint density at radius 2 is 1.09 bits per heavy atom. The van der Waals surface area contributed by atoms with E-state index in [-0.39, 0.29) is 18.8 Å². The van der Waals surface area contributed by atoms with E-state index < -0.39 is 140 Å². The summed E-state index contributed by atoms with van der Waals surface area (Å²) in [6, 6.07) is -10.6. The van der Waals surface area contributed by atoms with Gasteiger partial charge in [-0.1, -0.05) is 34.1 Å². The molecule has 0 fully saturated rings.